The summed E-state index contributed by atoms with van der Waals surface area (Å²) in [6.45, 7) is 0. The topological polar surface area (TPSA) is 0 Å². The number of hydrogen-bond donors (Lipinski definition) is 0. The summed E-state index contributed by atoms with van der Waals surface area (Å²) in [5, 5.41) is 0.782. The van der Waals surface area contributed by atoms with Gasteiger partial charge in [0, 0.05) is 19.0 Å². The van der Waals surface area contributed by atoms with E-state index in [4.69, 9.17) is 0 Å². The minimum atomic E-state index is -0.149. The van der Waals surface area contributed by atoms with Crippen LogP contribution in [0.1, 0.15) is 0 Å². The van der Waals surface area contributed by atoms with Crippen LogP contribution in [0, 0.1) is 5.13 Å². The van der Waals surface area contributed by atoms with E-state index in [0.717, 1.165) is 30.4 Å². The van der Waals surface area contributed by atoms with E-state index in [1.54, 1.807) is 0 Å². The molecule has 1 aromatic heterocycles. The van der Waals surface area contributed by atoms with Gasteiger partial charge in [0.1, 0.15) is 0 Å². The zero-order chi connectivity index (χ0) is 8.72. The van der Waals surface area contributed by atoms with Gasteiger partial charge in [-0.25, -0.2) is 0 Å². The molecule has 62 valence electrons. The Kier molecular flexibility index (Phi) is 2.23. The van der Waals surface area contributed by atoms with Crippen molar-refractivity contribution < 1.29 is 4.39 Å². The second-order valence-electron chi connectivity index (χ2n) is 2.35. The smallest absolute Gasteiger partial charge is 0.177 e. The van der Waals surface area contributed by atoms with Crippen molar-refractivity contribution in [3.05, 3.63) is 32.3 Å². The quantitative estimate of drug-likeness (QED) is 0.669. The normalized spacial score (nSPS) is 10.9. The fourth-order valence-electron chi connectivity index (χ4n) is 1.03. The first kappa shape index (κ1) is 8.66. The van der Waals surface area contributed by atoms with Gasteiger partial charge in [0.2, 0.25) is 0 Å². The average Bonchev–Trinajstić information content (AvgIpc) is 2.29. The van der Waals surface area contributed by atoms with Crippen LogP contribution in [0.4, 0.5) is 4.39 Å². The molecule has 4 heteroatoms. The molecule has 2 aromatic rings. The highest BCUT2D eigenvalue weighted by atomic mass is 79.9. The fraction of sp³-hybridized carbons (Fsp3) is 0. The van der Waals surface area contributed by atoms with Gasteiger partial charge in [0.15, 0.2) is 5.13 Å². The summed E-state index contributed by atoms with van der Waals surface area (Å²) >= 11 is 7.87. The van der Waals surface area contributed by atoms with Crippen LogP contribution in [0.2, 0.25) is 0 Å². The molecule has 1 aromatic carbocycles. The predicted octanol–water partition coefficient (Wildman–Crippen LogP) is 4.57. The summed E-state index contributed by atoms with van der Waals surface area (Å²) in [6.07, 6.45) is 0. The van der Waals surface area contributed by atoms with Crippen LogP contribution in [0.15, 0.2) is 27.1 Å². The molecule has 2 rings (SSSR count). The average molecular weight is 310 g/mol. The Bertz CT molecular complexity index is 436. The highest BCUT2D eigenvalue weighted by molar-refractivity contribution is 9.11. The Morgan fingerprint density at radius 1 is 1.17 bits per heavy atom. The zero-order valence-electron chi connectivity index (χ0n) is 5.77. The van der Waals surface area contributed by atoms with E-state index in [1.807, 2.05) is 12.1 Å². The van der Waals surface area contributed by atoms with Crippen molar-refractivity contribution in [1.82, 2.24) is 0 Å². The van der Waals surface area contributed by atoms with Crippen molar-refractivity contribution in [2.24, 2.45) is 0 Å². The lowest BCUT2D eigenvalue weighted by molar-refractivity contribution is 0.658. The maximum Gasteiger partial charge on any atom is 0.177 e. The van der Waals surface area contributed by atoms with Crippen LogP contribution < -0.4 is 0 Å². The molecule has 0 unspecified atom stereocenters. The van der Waals surface area contributed by atoms with E-state index in [2.05, 4.69) is 31.9 Å². The molecule has 0 atom stereocenters. The van der Waals surface area contributed by atoms with E-state index in [9.17, 15) is 4.39 Å². The number of rotatable bonds is 0. The van der Waals surface area contributed by atoms with Gasteiger partial charge in [-0.2, -0.15) is 4.39 Å². The van der Waals surface area contributed by atoms with Crippen molar-refractivity contribution in [3.8, 4) is 0 Å². The van der Waals surface area contributed by atoms with Gasteiger partial charge in [-0.15, -0.1) is 11.3 Å². The molecule has 0 amide bonds. The SMILES string of the molecule is Fc1cc2c(Br)cc(Br)cc2s1. The lowest BCUT2D eigenvalue weighted by atomic mass is 10.3. The largest absolute Gasteiger partial charge is 0.195 e. The Labute approximate surface area is 89.7 Å². The summed E-state index contributed by atoms with van der Waals surface area (Å²) in [6, 6.07) is 5.36. The maximum absolute atomic E-state index is 12.8. The van der Waals surface area contributed by atoms with Gasteiger partial charge in [0.25, 0.3) is 0 Å². The molecule has 0 saturated heterocycles. The van der Waals surface area contributed by atoms with Crippen LogP contribution in [0.5, 0.6) is 0 Å². The number of thiophene rings is 1. The standard InChI is InChI=1S/C8H3Br2FS/c9-4-1-6(10)5-3-8(11)12-7(5)2-4/h1-3H. The van der Waals surface area contributed by atoms with E-state index in [-0.39, 0.29) is 5.13 Å². The molecule has 0 N–H and O–H groups in total. The maximum atomic E-state index is 12.8. The molecule has 0 aliphatic rings. The summed E-state index contributed by atoms with van der Waals surface area (Å²) < 4.78 is 15.7. The third-order valence-corrected chi connectivity index (χ3v) is 3.51. The number of halogens is 3. The highest BCUT2D eigenvalue weighted by Gasteiger charge is 2.05. The minimum absolute atomic E-state index is 0.149. The van der Waals surface area contributed by atoms with Gasteiger partial charge in [0.05, 0.1) is 0 Å². The Morgan fingerprint density at radius 3 is 2.67 bits per heavy atom. The molecule has 0 aliphatic heterocycles. The van der Waals surface area contributed by atoms with Crippen LogP contribution in [-0.2, 0) is 0 Å². The molecular formula is C8H3Br2FS. The zero-order valence-corrected chi connectivity index (χ0v) is 9.76. The lowest BCUT2D eigenvalue weighted by Gasteiger charge is -1.94. The monoisotopic (exact) mass is 308 g/mol. The van der Waals surface area contributed by atoms with E-state index in [1.165, 1.54) is 6.07 Å². The summed E-state index contributed by atoms with van der Waals surface area (Å²) in [4.78, 5) is 0. The van der Waals surface area contributed by atoms with Crippen molar-refractivity contribution in [2.45, 2.75) is 0 Å². The number of fused-ring (bicyclic) bond motifs is 1. The number of benzene rings is 1. The van der Waals surface area contributed by atoms with Crippen LogP contribution in [0.25, 0.3) is 10.1 Å². The molecule has 12 heavy (non-hydrogen) atoms. The van der Waals surface area contributed by atoms with Crippen LogP contribution >= 0.6 is 43.2 Å². The van der Waals surface area contributed by atoms with Gasteiger partial charge < -0.3 is 0 Å². The van der Waals surface area contributed by atoms with Crippen molar-refractivity contribution in [3.63, 3.8) is 0 Å². The first-order chi connectivity index (χ1) is 5.66. The Morgan fingerprint density at radius 2 is 1.92 bits per heavy atom. The lowest BCUT2D eigenvalue weighted by Crippen LogP contribution is -1.67. The Hall–Kier alpha value is 0.0700. The van der Waals surface area contributed by atoms with Crippen molar-refractivity contribution in [1.29, 1.82) is 0 Å². The number of hydrogen-bond acceptors (Lipinski definition) is 1. The molecule has 0 fully saturated rings. The van der Waals surface area contributed by atoms with Crippen molar-refractivity contribution >= 4 is 53.3 Å². The van der Waals surface area contributed by atoms with E-state index in [0.29, 0.717) is 0 Å². The van der Waals surface area contributed by atoms with Gasteiger partial charge in [-0.3, -0.25) is 0 Å². The van der Waals surface area contributed by atoms with Gasteiger partial charge in [-0.1, -0.05) is 31.9 Å². The fourth-order valence-corrected chi connectivity index (χ4v) is 3.51. The van der Waals surface area contributed by atoms with Crippen LogP contribution in [0.3, 0.4) is 0 Å². The summed E-state index contributed by atoms with van der Waals surface area (Å²) in [7, 11) is 0. The van der Waals surface area contributed by atoms with Gasteiger partial charge in [-0.05, 0) is 18.2 Å². The molecule has 0 spiro atoms. The third-order valence-electron chi connectivity index (χ3n) is 1.52. The van der Waals surface area contributed by atoms with Crippen LogP contribution in [-0.4, -0.2) is 0 Å². The summed E-state index contributed by atoms with van der Waals surface area (Å²) in [5.41, 5.74) is 0. The predicted molar refractivity (Wildman–Crippen MR) is 57.2 cm³/mol. The third kappa shape index (κ3) is 1.43. The molecule has 0 radical (unpaired) electrons. The van der Waals surface area contributed by atoms with Gasteiger partial charge >= 0.3 is 0 Å². The molecule has 1 heterocycles. The first-order valence-electron chi connectivity index (χ1n) is 3.21. The van der Waals surface area contributed by atoms with E-state index >= 15 is 0 Å². The highest BCUT2D eigenvalue weighted by Crippen LogP contribution is 2.33. The summed E-state index contributed by atoms with van der Waals surface area (Å²) in [5.74, 6) is 0. The first-order valence-corrected chi connectivity index (χ1v) is 5.61. The molecule has 0 aliphatic carbocycles. The molecule has 0 nitrogen and oxygen atoms in total. The second kappa shape index (κ2) is 3.09. The molecule has 0 saturated carbocycles. The minimum Gasteiger partial charge on any atom is -0.195 e. The molecule has 0 bridgehead atoms. The van der Waals surface area contributed by atoms with E-state index < -0.39 is 0 Å². The van der Waals surface area contributed by atoms with Crippen molar-refractivity contribution in [2.75, 3.05) is 0 Å². The Balaban J connectivity index is 2.88. The molecular weight excluding hydrogens is 307 g/mol. The second-order valence-corrected chi connectivity index (χ2v) is 5.15.